The van der Waals surface area contributed by atoms with Crippen LogP contribution in [0.3, 0.4) is 0 Å². The zero-order valence-electron chi connectivity index (χ0n) is 12.9. The molecule has 1 unspecified atom stereocenters. The van der Waals surface area contributed by atoms with Crippen LogP contribution in [0.15, 0.2) is 48.5 Å². The molecule has 1 aliphatic rings. The van der Waals surface area contributed by atoms with Crippen molar-refractivity contribution in [3.8, 4) is 11.1 Å². The van der Waals surface area contributed by atoms with Gasteiger partial charge in [0, 0.05) is 18.8 Å². The van der Waals surface area contributed by atoms with Crippen LogP contribution in [0.25, 0.3) is 11.1 Å². The highest BCUT2D eigenvalue weighted by molar-refractivity contribution is 5.91. The van der Waals surface area contributed by atoms with Crippen molar-refractivity contribution in [2.45, 2.75) is 13.1 Å². The van der Waals surface area contributed by atoms with Crippen molar-refractivity contribution in [2.24, 2.45) is 0 Å². The minimum absolute atomic E-state index is 0.310. The van der Waals surface area contributed by atoms with Gasteiger partial charge in [-0.3, -0.25) is 5.32 Å². The Morgan fingerprint density at radius 1 is 1.18 bits per heavy atom. The number of carbonyl (C=O) groups excluding carboxylic acids is 1. The second-order valence-corrected chi connectivity index (χ2v) is 5.45. The molecule has 0 bridgehead atoms. The third kappa shape index (κ3) is 2.83. The molecule has 2 aromatic carbocycles. The number of esters is 1. The second kappa shape index (κ2) is 6.20. The van der Waals surface area contributed by atoms with E-state index in [4.69, 9.17) is 4.74 Å². The molecular weight excluding hydrogens is 276 g/mol. The number of benzene rings is 2. The molecule has 1 fully saturated rings. The van der Waals surface area contributed by atoms with E-state index in [-0.39, 0.29) is 5.97 Å². The zero-order valence-corrected chi connectivity index (χ0v) is 12.9. The number of rotatable bonds is 3. The number of nitrogens with zero attached hydrogens (tertiary/aromatic N) is 1. The maximum atomic E-state index is 11.7. The first kappa shape index (κ1) is 14.6. The normalized spacial score (nSPS) is 17.5. The summed E-state index contributed by atoms with van der Waals surface area (Å²) >= 11 is 0. The quantitative estimate of drug-likeness (QED) is 0.884. The van der Waals surface area contributed by atoms with Crippen LogP contribution in [0.1, 0.15) is 17.3 Å². The topological polar surface area (TPSA) is 41.6 Å². The molecule has 22 heavy (non-hydrogen) atoms. The fourth-order valence-corrected chi connectivity index (χ4v) is 2.86. The predicted octanol–water partition coefficient (Wildman–Crippen LogP) is 2.90. The smallest absolute Gasteiger partial charge is 0.337 e. The minimum atomic E-state index is -0.310. The van der Waals surface area contributed by atoms with Crippen molar-refractivity contribution in [1.82, 2.24) is 5.32 Å². The summed E-state index contributed by atoms with van der Waals surface area (Å²) in [6.45, 7) is 4.17. The molecule has 2 aromatic rings. The summed E-state index contributed by atoms with van der Waals surface area (Å²) in [7, 11) is 1.40. The van der Waals surface area contributed by atoms with Crippen LogP contribution in [-0.4, -0.2) is 32.3 Å². The number of methoxy groups -OCH3 is 1. The van der Waals surface area contributed by atoms with Gasteiger partial charge in [0.2, 0.25) is 0 Å². The Hall–Kier alpha value is -2.33. The van der Waals surface area contributed by atoms with E-state index in [9.17, 15) is 4.79 Å². The van der Waals surface area contributed by atoms with E-state index < -0.39 is 0 Å². The largest absolute Gasteiger partial charge is 0.465 e. The average Bonchev–Trinajstić information content (AvgIpc) is 3.00. The van der Waals surface area contributed by atoms with Gasteiger partial charge in [0.15, 0.2) is 0 Å². The predicted molar refractivity (Wildman–Crippen MR) is 88.0 cm³/mol. The second-order valence-electron chi connectivity index (χ2n) is 5.45. The minimum Gasteiger partial charge on any atom is -0.465 e. The SMILES string of the molecule is COC(=O)c1cccc(-c2cccc(N3CCNC3C)c2)c1. The Bertz CT molecular complexity index is 684. The molecule has 1 aliphatic heterocycles. The van der Waals surface area contributed by atoms with Gasteiger partial charge < -0.3 is 9.64 Å². The molecule has 1 N–H and O–H groups in total. The molecule has 0 amide bonds. The maximum Gasteiger partial charge on any atom is 0.337 e. The molecule has 0 saturated carbocycles. The molecule has 1 heterocycles. The number of anilines is 1. The van der Waals surface area contributed by atoms with E-state index in [0.717, 1.165) is 24.2 Å². The molecule has 0 aromatic heterocycles. The van der Waals surface area contributed by atoms with E-state index >= 15 is 0 Å². The van der Waals surface area contributed by atoms with Crippen LogP contribution in [0, 0.1) is 0 Å². The number of carbonyl (C=O) groups is 1. The first-order valence-corrected chi connectivity index (χ1v) is 7.48. The Labute approximate surface area is 130 Å². The van der Waals surface area contributed by atoms with Crippen LogP contribution in [0.5, 0.6) is 0 Å². The molecule has 1 saturated heterocycles. The molecule has 1 atom stereocenters. The van der Waals surface area contributed by atoms with Crippen LogP contribution in [-0.2, 0) is 4.74 Å². The highest BCUT2D eigenvalue weighted by atomic mass is 16.5. The lowest BCUT2D eigenvalue weighted by Crippen LogP contribution is -2.32. The number of hydrogen-bond acceptors (Lipinski definition) is 4. The van der Waals surface area contributed by atoms with E-state index in [2.05, 4.69) is 41.4 Å². The summed E-state index contributed by atoms with van der Waals surface area (Å²) in [6, 6.07) is 15.9. The zero-order chi connectivity index (χ0) is 15.5. The van der Waals surface area contributed by atoms with Crippen LogP contribution in [0.4, 0.5) is 5.69 Å². The van der Waals surface area contributed by atoms with Crippen LogP contribution >= 0.6 is 0 Å². The molecule has 114 valence electrons. The summed E-state index contributed by atoms with van der Waals surface area (Å²) in [5.41, 5.74) is 3.88. The highest BCUT2D eigenvalue weighted by Gasteiger charge is 2.19. The third-order valence-electron chi connectivity index (χ3n) is 4.05. The van der Waals surface area contributed by atoms with Gasteiger partial charge in [-0.15, -0.1) is 0 Å². The lowest BCUT2D eigenvalue weighted by atomic mass is 10.0. The first-order valence-electron chi connectivity index (χ1n) is 7.48. The van der Waals surface area contributed by atoms with Gasteiger partial charge in [-0.05, 0) is 42.3 Å². The third-order valence-corrected chi connectivity index (χ3v) is 4.05. The number of nitrogens with one attached hydrogen (secondary N) is 1. The Kier molecular flexibility index (Phi) is 4.11. The van der Waals surface area contributed by atoms with E-state index in [1.165, 1.54) is 12.8 Å². The van der Waals surface area contributed by atoms with Crippen molar-refractivity contribution in [2.75, 3.05) is 25.1 Å². The van der Waals surface area contributed by atoms with Gasteiger partial charge in [-0.1, -0.05) is 24.3 Å². The summed E-state index contributed by atoms with van der Waals surface area (Å²) in [5, 5.41) is 3.42. The Morgan fingerprint density at radius 2 is 1.91 bits per heavy atom. The standard InChI is InChI=1S/C18H20N2O2/c1-13-19-9-10-20(13)17-8-4-6-15(12-17)14-5-3-7-16(11-14)18(21)22-2/h3-8,11-13,19H,9-10H2,1-2H3. The molecule has 4 nitrogen and oxygen atoms in total. The molecule has 4 heteroatoms. The van der Waals surface area contributed by atoms with Gasteiger partial charge in [-0.25, -0.2) is 4.79 Å². The fourth-order valence-electron chi connectivity index (χ4n) is 2.86. The van der Waals surface area contributed by atoms with Gasteiger partial charge >= 0.3 is 5.97 Å². The maximum absolute atomic E-state index is 11.7. The van der Waals surface area contributed by atoms with Crippen molar-refractivity contribution < 1.29 is 9.53 Å². The molecule has 0 aliphatic carbocycles. The van der Waals surface area contributed by atoms with E-state index in [1.807, 2.05) is 18.2 Å². The average molecular weight is 296 g/mol. The summed E-state index contributed by atoms with van der Waals surface area (Å²) in [4.78, 5) is 14.0. The van der Waals surface area contributed by atoms with Gasteiger partial charge in [0.05, 0.1) is 18.8 Å². The molecule has 3 rings (SSSR count). The summed E-state index contributed by atoms with van der Waals surface area (Å²) < 4.78 is 4.79. The number of ether oxygens (including phenoxy) is 1. The Morgan fingerprint density at radius 3 is 2.59 bits per heavy atom. The van der Waals surface area contributed by atoms with Crippen molar-refractivity contribution in [1.29, 1.82) is 0 Å². The summed E-state index contributed by atoms with van der Waals surface area (Å²) in [6.07, 6.45) is 0.344. The lowest BCUT2D eigenvalue weighted by molar-refractivity contribution is 0.0601. The van der Waals surface area contributed by atoms with E-state index in [1.54, 1.807) is 6.07 Å². The highest BCUT2D eigenvalue weighted by Crippen LogP contribution is 2.27. The molecular formula is C18H20N2O2. The molecule has 0 radical (unpaired) electrons. The van der Waals surface area contributed by atoms with Crippen molar-refractivity contribution in [3.05, 3.63) is 54.1 Å². The Balaban J connectivity index is 1.94. The van der Waals surface area contributed by atoms with Gasteiger partial charge in [0.1, 0.15) is 0 Å². The van der Waals surface area contributed by atoms with Gasteiger partial charge in [-0.2, -0.15) is 0 Å². The number of hydrogen-bond donors (Lipinski definition) is 1. The first-order chi connectivity index (χ1) is 10.7. The van der Waals surface area contributed by atoms with Crippen molar-refractivity contribution in [3.63, 3.8) is 0 Å². The van der Waals surface area contributed by atoms with Gasteiger partial charge in [0.25, 0.3) is 0 Å². The van der Waals surface area contributed by atoms with Crippen molar-refractivity contribution >= 4 is 11.7 Å². The monoisotopic (exact) mass is 296 g/mol. The van der Waals surface area contributed by atoms with E-state index in [0.29, 0.717) is 11.7 Å². The van der Waals surface area contributed by atoms with Crippen LogP contribution < -0.4 is 10.2 Å². The van der Waals surface area contributed by atoms with Crippen LogP contribution in [0.2, 0.25) is 0 Å². The fraction of sp³-hybridized carbons (Fsp3) is 0.278. The molecule has 0 spiro atoms. The lowest BCUT2D eigenvalue weighted by Gasteiger charge is -2.23. The summed E-state index contributed by atoms with van der Waals surface area (Å²) in [5.74, 6) is -0.310.